The van der Waals surface area contributed by atoms with Crippen LogP contribution < -0.4 is 4.90 Å². The molecule has 2 aromatic heterocycles. The fraction of sp³-hybridized carbons (Fsp3) is 0.320. The molecule has 0 atom stereocenters. The lowest BCUT2D eigenvalue weighted by Crippen LogP contribution is -2.49. The monoisotopic (exact) mass is 510 g/mol. The van der Waals surface area contributed by atoms with Crippen molar-refractivity contribution in [2.24, 2.45) is 0 Å². The Balaban J connectivity index is 1.36. The summed E-state index contributed by atoms with van der Waals surface area (Å²) >= 11 is 5.91. The van der Waals surface area contributed by atoms with E-state index in [4.69, 9.17) is 16.7 Å². The largest absolute Gasteiger partial charge is 0.337 e. The molecule has 1 aliphatic heterocycles. The van der Waals surface area contributed by atoms with E-state index in [9.17, 15) is 8.42 Å². The maximum absolute atomic E-state index is 13.0. The van der Waals surface area contributed by atoms with Crippen LogP contribution in [0.5, 0.6) is 0 Å². The number of hydrogen-bond acceptors (Lipinski definition) is 6. The number of benzene rings is 2. The summed E-state index contributed by atoms with van der Waals surface area (Å²) in [6.07, 6.45) is 1.73. The van der Waals surface area contributed by atoms with Crippen molar-refractivity contribution >= 4 is 33.4 Å². The topological polar surface area (TPSA) is 83.7 Å². The number of aromatic nitrogens is 4. The molecule has 0 spiro atoms. The number of halogens is 1. The minimum atomic E-state index is -3.58. The molecule has 8 nitrogen and oxygen atoms in total. The second-order valence-corrected chi connectivity index (χ2v) is 12.0. The second kappa shape index (κ2) is 8.89. The molecular weight excluding hydrogens is 484 g/mol. The van der Waals surface area contributed by atoms with Crippen LogP contribution in [0.25, 0.3) is 17.0 Å². The van der Waals surface area contributed by atoms with Crippen molar-refractivity contribution in [3.8, 4) is 11.3 Å². The van der Waals surface area contributed by atoms with E-state index in [1.54, 1.807) is 22.8 Å². The maximum Gasteiger partial charge on any atom is 0.254 e. The van der Waals surface area contributed by atoms with Gasteiger partial charge in [-0.2, -0.15) is 13.8 Å². The van der Waals surface area contributed by atoms with Crippen LogP contribution in [0, 0.1) is 0 Å². The van der Waals surface area contributed by atoms with Crippen molar-refractivity contribution in [2.45, 2.75) is 31.1 Å². The minimum absolute atomic E-state index is 0.0791. The molecule has 1 fully saturated rings. The van der Waals surface area contributed by atoms with E-state index in [1.165, 1.54) is 22.0 Å². The summed E-state index contributed by atoms with van der Waals surface area (Å²) in [7, 11) is -3.58. The van der Waals surface area contributed by atoms with Gasteiger partial charge in [0.25, 0.3) is 5.78 Å². The normalized spacial score (nSPS) is 15.6. The van der Waals surface area contributed by atoms with Crippen LogP contribution in [0.15, 0.2) is 65.7 Å². The van der Waals surface area contributed by atoms with Gasteiger partial charge in [0.05, 0.1) is 10.6 Å². The fourth-order valence-corrected chi connectivity index (χ4v) is 5.71. The van der Waals surface area contributed by atoms with Gasteiger partial charge in [0.1, 0.15) is 0 Å². The van der Waals surface area contributed by atoms with Gasteiger partial charge in [0.15, 0.2) is 0 Å². The summed E-state index contributed by atoms with van der Waals surface area (Å²) in [4.78, 5) is 11.2. The Morgan fingerprint density at radius 1 is 0.886 bits per heavy atom. The molecule has 10 heteroatoms. The van der Waals surface area contributed by atoms with E-state index >= 15 is 0 Å². The summed E-state index contributed by atoms with van der Waals surface area (Å²) in [6.45, 7) is 8.23. The minimum Gasteiger partial charge on any atom is -0.337 e. The Labute approximate surface area is 210 Å². The quantitative estimate of drug-likeness (QED) is 0.408. The number of sulfonamides is 1. The zero-order chi connectivity index (χ0) is 24.8. The summed E-state index contributed by atoms with van der Waals surface area (Å²) in [6, 6.07) is 16.6. The van der Waals surface area contributed by atoms with Crippen LogP contribution in [0.1, 0.15) is 26.3 Å². The standard InChI is InChI=1S/C25H27ClN6O2S/c1-25(2,3)19-6-4-18(5-7-19)22-12-13-27-23-28-24(29-32(22)23)30-14-16-31(17-15-30)35(33,34)21-10-8-20(26)9-11-21/h4-13H,14-17H2,1-3H3. The van der Waals surface area contributed by atoms with Crippen molar-refractivity contribution < 1.29 is 8.42 Å². The molecule has 0 saturated carbocycles. The molecular formula is C25H27ClN6O2S. The average Bonchev–Trinajstić information content (AvgIpc) is 3.28. The van der Waals surface area contributed by atoms with Gasteiger partial charge < -0.3 is 4.90 Å². The Kier molecular flexibility index (Phi) is 6.03. The molecule has 0 aliphatic carbocycles. The van der Waals surface area contributed by atoms with Crippen LogP contribution in [0.3, 0.4) is 0 Å². The number of hydrogen-bond donors (Lipinski definition) is 0. The molecule has 0 bridgehead atoms. The zero-order valence-electron chi connectivity index (χ0n) is 19.9. The van der Waals surface area contributed by atoms with Crippen LogP contribution in [0.4, 0.5) is 5.95 Å². The van der Waals surface area contributed by atoms with Crippen LogP contribution >= 0.6 is 11.6 Å². The van der Waals surface area contributed by atoms with Crippen molar-refractivity contribution in [3.63, 3.8) is 0 Å². The van der Waals surface area contributed by atoms with Crippen molar-refractivity contribution in [2.75, 3.05) is 31.1 Å². The van der Waals surface area contributed by atoms with E-state index in [-0.39, 0.29) is 10.3 Å². The molecule has 35 heavy (non-hydrogen) atoms. The van der Waals surface area contributed by atoms with Gasteiger partial charge in [-0.05, 0) is 41.3 Å². The molecule has 1 saturated heterocycles. The first-order chi connectivity index (χ1) is 16.6. The highest BCUT2D eigenvalue weighted by molar-refractivity contribution is 7.89. The van der Waals surface area contributed by atoms with Gasteiger partial charge in [-0.1, -0.05) is 56.6 Å². The highest BCUT2D eigenvalue weighted by atomic mass is 35.5. The van der Waals surface area contributed by atoms with Gasteiger partial charge in [-0.3, -0.25) is 0 Å². The molecule has 182 valence electrons. The molecule has 0 radical (unpaired) electrons. The third kappa shape index (κ3) is 4.63. The number of rotatable bonds is 4. The van der Waals surface area contributed by atoms with E-state index < -0.39 is 10.0 Å². The van der Waals surface area contributed by atoms with Gasteiger partial charge >= 0.3 is 0 Å². The van der Waals surface area contributed by atoms with E-state index in [2.05, 4.69) is 55.0 Å². The number of piperazine rings is 1. The first kappa shape index (κ1) is 23.7. The summed E-state index contributed by atoms with van der Waals surface area (Å²) in [5.41, 5.74) is 3.27. The van der Waals surface area contributed by atoms with E-state index in [1.807, 2.05) is 11.0 Å². The summed E-state index contributed by atoms with van der Waals surface area (Å²) < 4.78 is 29.2. The van der Waals surface area contributed by atoms with Crippen LogP contribution in [-0.4, -0.2) is 58.5 Å². The molecule has 0 unspecified atom stereocenters. The van der Waals surface area contributed by atoms with Gasteiger partial charge in [-0.15, -0.1) is 5.10 Å². The summed E-state index contributed by atoms with van der Waals surface area (Å²) in [5, 5.41) is 5.23. The highest BCUT2D eigenvalue weighted by Gasteiger charge is 2.30. The molecule has 2 aromatic carbocycles. The first-order valence-electron chi connectivity index (χ1n) is 11.5. The maximum atomic E-state index is 13.0. The number of fused-ring (bicyclic) bond motifs is 1. The van der Waals surface area contributed by atoms with Crippen LogP contribution in [-0.2, 0) is 15.4 Å². The average molecular weight is 511 g/mol. The molecule has 1 aliphatic rings. The molecule has 0 amide bonds. The Bertz CT molecular complexity index is 1450. The molecule has 5 rings (SSSR count). The van der Waals surface area contributed by atoms with Gasteiger partial charge in [-0.25, -0.2) is 13.4 Å². The van der Waals surface area contributed by atoms with Gasteiger partial charge in [0.2, 0.25) is 16.0 Å². The third-order valence-electron chi connectivity index (χ3n) is 6.25. The molecule has 0 N–H and O–H groups in total. The Morgan fingerprint density at radius 2 is 1.54 bits per heavy atom. The van der Waals surface area contributed by atoms with Crippen LogP contribution in [0.2, 0.25) is 5.02 Å². The van der Waals surface area contributed by atoms with Crippen molar-refractivity contribution in [1.82, 2.24) is 23.9 Å². The van der Waals surface area contributed by atoms with Gasteiger partial charge in [0, 0.05) is 43.0 Å². The SMILES string of the molecule is CC(C)(C)c1ccc(-c2ccnc3nc(N4CCN(S(=O)(=O)c5ccc(Cl)cc5)CC4)nn23)cc1. The Morgan fingerprint density at radius 3 is 2.17 bits per heavy atom. The third-order valence-corrected chi connectivity index (χ3v) is 8.41. The van der Waals surface area contributed by atoms with E-state index in [0.29, 0.717) is 42.9 Å². The number of anilines is 1. The van der Waals surface area contributed by atoms with Crippen molar-refractivity contribution in [1.29, 1.82) is 0 Å². The highest BCUT2D eigenvalue weighted by Crippen LogP contribution is 2.27. The lowest BCUT2D eigenvalue weighted by molar-refractivity contribution is 0.382. The second-order valence-electron chi connectivity index (χ2n) is 9.63. The summed E-state index contributed by atoms with van der Waals surface area (Å²) in [5.74, 6) is 1.05. The fourth-order valence-electron chi connectivity index (χ4n) is 4.16. The van der Waals surface area contributed by atoms with E-state index in [0.717, 1.165) is 11.3 Å². The lowest BCUT2D eigenvalue weighted by atomic mass is 9.86. The molecule has 4 aromatic rings. The predicted molar refractivity (Wildman–Crippen MR) is 137 cm³/mol. The molecule has 3 heterocycles. The first-order valence-corrected chi connectivity index (χ1v) is 13.3. The lowest BCUT2D eigenvalue weighted by Gasteiger charge is -2.33. The zero-order valence-corrected chi connectivity index (χ0v) is 21.5. The smallest absolute Gasteiger partial charge is 0.254 e. The predicted octanol–water partition coefficient (Wildman–Crippen LogP) is 4.25. The Hall–Kier alpha value is -3.01. The number of nitrogens with zero attached hydrogens (tertiary/aromatic N) is 6. The van der Waals surface area contributed by atoms with Crippen molar-refractivity contribution in [3.05, 3.63) is 71.4 Å².